The second-order valence-electron chi connectivity index (χ2n) is 28.8. The van der Waals surface area contributed by atoms with Crippen molar-refractivity contribution in [3.05, 3.63) is 154 Å². The second-order valence-corrected chi connectivity index (χ2v) is 28.8. The molecule has 0 radical (unpaired) electrons. The normalized spacial score (nSPS) is 24.8. The molecule has 4 heterocycles. The molecule has 14 N–H and O–H groups in total. The Morgan fingerprint density at radius 1 is 0.504 bits per heavy atom. The van der Waals surface area contributed by atoms with Crippen LogP contribution in [-0.2, 0) is 81.0 Å². The van der Waals surface area contributed by atoms with E-state index in [1.54, 1.807) is 50.2 Å². The number of azide groups is 1. The largest absolute Gasteiger partial charge is 0.459 e. The molecule has 4 aliphatic heterocycles. The van der Waals surface area contributed by atoms with Crippen LogP contribution in [0.3, 0.4) is 0 Å². The van der Waals surface area contributed by atoms with E-state index in [4.69, 9.17) is 43.6 Å². The van der Waals surface area contributed by atoms with Gasteiger partial charge in [0.15, 0.2) is 30.9 Å². The molecule has 39 nitrogen and oxygen atoms in total. The highest BCUT2D eigenvalue weighted by atomic mass is 16.8. The molecule has 4 aromatic rings. The Bertz CT molecular complexity index is 4170. The van der Waals surface area contributed by atoms with Crippen LogP contribution in [0.1, 0.15) is 129 Å². The van der Waals surface area contributed by atoms with Crippen LogP contribution in [0.15, 0.2) is 126 Å². The maximum absolute atomic E-state index is 15.3. The van der Waals surface area contributed by atoms with E-state index in [-0.39, 0.29) is 61.0 Å². The summed E-state index contributed by atoms with van der Waals surface area (Å²) in [5.41, 5.74) is 15.2. The van der Waals surface area contributed by atoms with E-state index in [0.717, 1.165) is 39.5 Å². The van der Waals surface area contributed by atoms with E-state index in [2.05, 4.69) is 41.9 Å². The van der Waals surface area contributed by atoms with Gasteiger partial charge in [-0.1, -0.05) is 98.2 Å². The molecule has 9 amide bonds. The molecule has 4 saturated heterocycles. The van der Waals surface area contributed by atoms with Crippen molar-refractivity contribution in [1.29, 1.82) is 0 Å². The summed E-state index contributed by atoms with van der Waals surface area (Å²) in [6, 6.07) is 14.2. The number of benzene rings is 4. The summed E-state index contributed by atoms with van der Waals surface area (Å²) < 4.78 is 49.6. The van der Waals surface area contributed by atoms with Gasteiger partial charge < -0.3 is 116 Å². The highest BCUT2D eigenvalue weighted by molar-refractivity contribution is 5.99. The van der Waals surface area contributed by atoms with Crippen LogP contribution in [0.2, 0.25) is 0 Å². The van der Waals surface area contributed by atoms with Crippen LogP contribution in [-0.4, -0.2) is 284 Å². The monoisotopic (exact) mass is 1640 g/mol. The molecule has 0 aromatic heterocycles. The topological polar surface area (TPSA) is 571 Å². The minimum atomic E-state index is -2.22. The fraction of sp³-hybridized carbons (Fsp3) is 0.526. The van der Waals surface area contributed by atoms with Crippen LogP contribution in [0.25, 0.3) is 10.4 Å². The zero-order valence-electron chi connectivity index (χ0n) is 65.3. The third-order valence-corrected chi connectivity index (χ3v) is 20.3. The first-order valence-electron chi connectivity index (χ1n) is 38.1. The van der Waals surface area contributed by atoms with Gasteiger partial charge in [0.2, 0.25) is 53.2 Å². The van der Waals surface area contributed by atoms with Gasteiger partial charge in [-0.3, -0.25) is 43.2 Å². The third-order valence-electron chi connectivity index (χ3n) is 20.3. The van der Waals surface area contributed by atoms with Crippen molar-refractivity contribution in [2.75, 3.05) is 26.3 Å². The van der Waals surface area contributed by atoms with Gasteiger partial charge in [0.1, 0.15) is 79.3 Å². The zero-order chi connectivity index (χ0) is 85.6. The van der Waals surface area contributed by atoms with Gasteiger partial charge in [-0.25, -0.2) is 19.2 Å². The van der Waals surface area contributed by atoms with Crippen molar-refractivity contribution in [2.45, 2.75) is 228 Å². The van der Waals surface area contributed by atoms with Crippen LogP contribution in [0, 0.1) is 5.92 Å². The van der Waals surface area contributed by atoms with E-state index in [1.165, 1.54) is 96.8 Å². The molecular weight excluding hydrogens is 1540 g/mol. The van der Waals surface area contributed by atoms with Gasteiger partial charge in [0, 0.05) is 24.9 Å². The van der Waals surface area contributed by atoms with E-state index in [9.17, 15) is 93.7 Å². The Morgan fingerprint density at radius 2 is 0.906 bits per heavy atom. The van der Waals surface area contributed by atoms with Crippen LogP contribution in [0.4, 0.5) is 0 Å². The number of amides is 9. The van der Waals surface area contributed by atoms with Crippen molar-refractivity contribution in [3.8, 4) is 0 Å². The summed E-state index contributed by atoms with van der Waals surface area (Å²) in [6.45, 7) is 8.22. The predicted molar refractivity (Wildman–Crippen MR) is 405 cm³/mol. The van der Waals surface area contributed by atoms with Gasteiger partial charge in [-0.05, 0) is 120 Å². The lowest BCUT2D eigenvalue weighted by atomic mass is 9.96. The molecule has 4 fully saturated rings. The molecule has 0 bridgehead atoms. The Morgan fingerprint density at radius 3 is 1.38 bits per heavy atom. The Balaban J connectivity index is 1.12. The fourth-order valence-corrected chi connectivity index (χ4v) is 13.6. The average Bonchev–Trinajstić information content (AvgIpc) is 1.10. The quantitative estimate of drug-likeness (QED) is 0.00832. The number of esters is 4. The molecule has 0 unspecified atom stereocenters. The number of hydrogen-bond donors (Lipinski definition) is 13. The lowest BCUT2D eigenvalue weighted by Gasteiger charge is -2.45. The number of primary amides is 1. The third kappa shape index (κ3) is 23.8. The Hall–Kier alpha value is -11.1. The second kappa shape index (κ2) is 42.7. The lowest BCUT2D eigenvalue weighted by Crippen LogP contribution is -2.65. The highest BCUT2D eigenvalue weighted by Gasteiger charge is 2.56. The maximum Gasteiger partial charge on any atom is 0.338 e. The number of nitrogens with zero attached hydrogens (tertiary/aromatic N) is 5. The van der Waals surface area contributed by atoms with E-state index in [1.807, 2.05) is 0 Å². The average molecular weight is 1640 g/mol. The summed E-state index contributed by atoms with van der Waals surface area (Å²) in [5.74, 6) is -14.2. The minimum absolute atomic E-state index is 0.0247. The number of carbonyl (C=O) groups excluding carboxylic acids is 13. The zero-order valence-corrected chi connectivity index (χ0v) is 65.3. The summed E-state index contributed by atoms with van der Waals surface area (Å²) in [7, 11) is 0. The number of aliphatic hydroxyl groups excluding tert-OH is 6. The lowest BCUT2D eigenvalue weighted by molar-refractivity contribution is -0.320. The molecule has 117 heavy (non-hydrogen) atoms. The number of nitrogens with one attached hydrogen (secondary N) is 6. The standard InChI is InChI=1S/C78H100N12O27/c1-9-38(2)53(68(101)84-56(41(5)93)69(102)82-54(39(3)91)65(79)98)81-67(100)50-33-23-35-90(50)72(105)57(42(6)94)85-71(104)58(86-70(103)55(40(4)92)83-66(99)49-32-22-34-89(49)44(8)95)43(7)112-77-59(87-88-80)61(97)60(96)51(113-77)36-111-78-64(117-76(109)48-30-20-13-21-31-48)63(116-75(108)47-28-18-12-19-29-47)62(115-74(107)46-26-16-11-17-27-46)52(114-78)37-110-73(106)45-24-14-10-15-25-45/h10-21,24-31,38-43,49-64,77-78,91-94,96-97H,9,22-23,32-37H2,1-8H3,(H2,79,98)(H,81,100)(H,82,102)(H,83,99)(H,84,101)(H,85,104)(H,86,103)/t38-,39+,40+,41+,42+,43+,49-,50-,51+,52+,53-,54-,55-,56-,57-,58-,59+,60-,61+,62-,63-,64+,77-,78+/m0/s1. The van der Waals surface area contributed by atoms with Gasteiger partial charge in [0.05, 0.1) is 65.5 Å². The summed E-state index contributed by atoms with van der Waals surface area (Å²) in [6.07, 6.45) is -26.0. The van der Waals surface area contributed by atoms with Crippen LogP contribution < -0.4 is 37.6 Å². The molecule has 0 aliphatic carbocycles. The molecule has 0 spiro atoms. The maximum atomic E-state index is 15.3. The molecular formula is C78H100N12O27. The summed E-state index contributed by atoms with van der Waals surface area (Å²) >= 11 is 0. The SMILES string of the molecule is CC[C@H](C)[C@H](NC(=O)[C@@H]1CCCN1C(=O)[C@@H](NC(=O)[C@@H](NC(=O)[C@@H](NC(=O)[C@@H]1CCCN1C(C)=O)[C@@H](C)O)[C@@H](C)O[C@H]1O[C@H](CO[C@@H]2O[C@H](COC(=O)c3ccccc3)[C@H](OC(=O)c3ccccc3)[C@H](OC(=O)c3ccccc3)[C@H]2OC(=O)c2ccccc2)[C@H](O)[C@H](O)[C@H]1N=[N+]=[N-])[C@@H](C)O)C(=O)N[C@H](C(=O)N[C@H](C(N)=O)[C@@H](C)O)[C@@H](C)O. The first-order chi connectivity index (χ1) is 55.6. The van der Waals surface area contributed by atoms with Crippen molar-refractivity contribution >= 4 is 77.0 Å². The van der Waals surface area contributed by atoms with E-state index in [0.29, 0.717) is 6.42 Å². The van der Waals surface area contributed by atoms with Gasteiger partial charge in [-0.15, -0.1) is 0 Å². The molecule has 8 rings (SSSR count). The first-order valence-corrected chi connectivity index (χ1v) is 38.1. The molecule has 39 heteroatoms. The summed E-state index contributed by atoms with van der Waals surface area (Å²) in [4.78, 5) is 187. The molecule has 24 atom stereocenters. The number of ether oxygens (including phenoxy) is 8. The van der Waals surface area contributed by atoms with E-state index >= 15 is 4.79 Å². The van der Waals surface area contributed by atoms with Gasteiger partial charge in [0.25, 0.3) is 0 Å². The number of hydrogen-bond acceptors (Lipinski definition) is 28. The Kier molecular flexibility index (Phi) is 33.3. The summed E-state index contributed by atoms with van der Waals surface area (Å²) in [5, 5.41) is 85.3. The van der Waals surface area contributed by atoms with Crippen molar-refractivity contribution < 1.29 is 131 Å². The number of carbonyl (C=O) groups is 13. The van der Waals surface area contributed by atoms with Gasteiger partial charge in [-0.2, -0.15) is 0 Å². The van der Waals surface area contributed by atoms with Gasteiger partial charge >= 0.3 is 23.9 Å². The predicted octanol–water partition coefficient (Wildman–Crippen LogP) is -1.24. The van der Waals surface area contributed by atoms with Crippen LogP contribution >= 0.6 is 0 Å². The van der Waals surface area contributed by atoms with Crippen molar-refractivity contribution in [1.82, 2.24) is 41.7 Å². The molecule has 4 aromatic carbocycles. The Labute approximate surface area is 671 Å². The fourth-order valence-electron chi connectivity index (χ4n) is 13.6. The van der Waals surface area contributed by atoms with Crippen molar-refractivity contribution in [3.63, 3.8) is 0 Å². The first kappa shape index (κ1) is 91.4. The minimum Gasteiger partial charge on any atom is -0.459 e. The smallest absolute Gasteiger partial charge is 0.338 e. The number of nitrogens with two attached hydrogens (primary N) is 1. The number of likely N-dealkylation sites (tertiary alicyclic amines) is 2. The van der Waals surface area contributed by atoms with Crippen molar-refractivity contribution in [2.24, 2.45) is 16.8 Å². The molecule has 4 aliphatic rings. The molecule has 0 saturated carbocycles. The number of rotatable bonds is 36. The number of aliphatic hydroxyl groups is 6. The molecule has 634 valence electrons. The highest BCUT2D eigenvalue weighted by Crippen LogP contribution is 2.35. The van der Waals surface area contributed by atoms with E-state index < -0.39 is 236 Å². The van der Waals surface area contributed by atoms with Crippen LogP contribution in [0.5, 0.6) is 0 Å².